The first-order valence-electron chi connectivity index (χ1n) is 11.1. The molecule has 3 N–H and O–H groups in total. The highest BCUT2D eigenvalue weighted by molar-refractivity contribution is 5.81. The van der Waals surface area contributed by atoms with E-state index in [-0.39, 0.29) is 42.2 Å². The molecule has 0 aliphatic heterocycles. The van der Waals surface area contributed by atoms with Crippen LogP contribution in [0, 0.1) is 17.8 Å². The maximum Gasteiger partial charge on any atom is 0.407 e. The number of hydrogen-bond acceptors (Lipinski definition) is 4. The van der Waals surface area contributed by atoms with Gasteiger partial charge in [-0.05, 0) is 47.4 Å². The third-order valence-electron chi connectivity index (χ3n) is 6.95. The SMILES string of the molecule is O=C(NC1CC(C(=O)NC[C@H]2C[C@H]2C(=O)O)C1)OCC1c2ccccc2-c2ccccc21. The van der Waals surface area contributed by atoms with Gasteiger partial charge in [0.05, 0.1) is 5.92 Å². The van der Waals surface area contributed by atoms with Crippen molar-refractivity contribution < 1.29 is 24.2 Å². The summed E-state index contributed by atoms with van der Waals surface area (Å²) in [6.07, 6.45) is 1.32. The summed E-state index contributed by atoms with van der Waals surface area (Å²) >= 11 is 0. The monoisotopic (exact) mass is 434 g/mol. The Morgan fingerprint density at radius 1 is 0.938 bits per heavy atom. The molecule has 32 heavy (non-hydrogen) atoms. The minimum atomic E-state index is -0.791. The number of fused-ring (bicyclic) bond motifs is 3. The van der Waals surface area contributed by atoms with Crippen molar-refractivity contribution in [2.45, 2.75) is 31.2 Å². The minimum Gasteiger partial charge on any atom is -0.481 e. The minimum absolute atomic E-state index is 0.0186. The maximum atomic E-state index is 12.3. The molecule has 0 heterocycles. The summed E-state index contributed by atoms with van der Waals surface area (Å²) in [7, 11) is 0. The van der Waals surface area contributed by atoms with Gasteiger partial charge in [0.2, 0.25) is 5.91 Å². The molecule has 3 aliphatic rings. The number of nitrogens with one attached hydrogen (secondary N) is 2. The van der Waals surface area contributed by atoms with Crippen molar-refractivity contribution in [2.24, 2.45) is 17.8 Å². The number of carbonyl (C=O) groups excluding carboxylic acids is 2. The van der Waals surface area contributed by atoms with Crippen LogP contribution in [-0.2, 0) is 14.3 Å². The molecule has 0 radical (unpaired) electrons. The normalized spacial score (nSPS) is 25.1. The second-order valence-corrected chi connectivity index (χ2v) is 9.02. The molecule has 2 aromatic carbocycles. The Morgan fingerprint density at radius 2 is 1.56 bits per heavy atom. The van der Waals surface area contributed by atoms with E-state index in [4.69, 9.17) is 9.84 Å². The van der Waals surface area contributed by atoms with E-state index < -0.39 is 12.1 Å². The number of rotatable bonds is 7. The number of carboxylic acids is 1. The first-order valence-corrected chi connectivity index (χ1v) is 11.1. The lowest BCUT2D eigenvalue weighted by molar-refractivity contribution is -0.139. The van der Waals surface area contributed by atoms with Crippen LogP contribution < -0.4 is 10.6 Å². The molecule has 166 valence electrons. The molecule has 3 aliphatic carbocycles. The lowest BCUT2D eigenvalue weighted by Crippen LogP contribution is -2.49. The molecule has 0 aromatic heterocycles. The number of carboxylic acid groups (broad SMARTS) is 1. The van der Waals surface area contributed by atoms with Gasteiger partial charge in [-0.15, -0.1) is 0 Å². The van der Waals surface area contributed by atoms with Crippen molar-refractivity contribution in [3.05, 3.63) is 59.7 Å². The smallest absolute Gasteiger partial charge is 0.407 e. The molecule has 2 atom stereocenters. The van der Waals surface area contributed by atoms with Gasteiger partial charge in [-0.25, -0.2) is 4.79 Å². The summed E-state index contributed by atoms with van der Waals surface area (Å²) in [5, 5.41) is 14.6. The fraction of sp³-hybridized carbons (Fsp3) is 0.400. The molecule has 7 nitrogen and oxygen atoms in total. The largest absolute Gasteiger partial charge is 0.481 e. The zero-order chi connectivity index (χ0) is 22.2. The van der Waals surface area contributed by atoms with Gasteiger partial charge in [0.15, 0.2) is 0 Å². The topological polar surface area (TPSA) is 105 Å². The molecule has 2 aromatic rings. The van der Waals surface area contributed by atoms with Crippen molar-refractivity contribution >= 4 is 18.0 Å². The van der Waals surface area contributed by atoms with Crippen LogP contribution in [0.4, 0.5) is 4.79 Å². The highest BCUT2D eigenvalue weighted by atomic mass is 16.5. The number of ether oxygens (including phenoxy) is 1. The van der Waals surface area contributed by atoms with Gasteiger partial charge >= 0.3 is 12.1 Å². The quantitative estimate of drug-likeness (QED) is 0.621. The lowest BCUT2D eigenvalue weighted by atomic mass is 9.79. The summed E-state index contributed by atoms with van der Waals surface area (Å²) in [6, 6.07) is 16.3. The van der Waals surface area contributed by atoms with Gasteiger partial charge in [-0.2, -0.15) is 0 Å². The van der Waals surface area contributed by atoms with Crippen molar-refractivity contribution in [3.8, 4) is 11.1 Å². The van der Waals surface area contributed by atoms with Gasteiger partial charge in [0.25, 0.3) is 0 Å². The van der Waals surface area contributed by atoms with E-state index in [0.29, 0.717) is 25.8 Å². The number of aliphatic carboxylic acids is 1. The van der Waals surface area contributed by atoms with E-state index in [9.17, 15) is 14.4 Å². The second-order valence-electron chi connectivity index (χ2n) is 9.02. The zero-order valence-electron chi connectivity index (χ0n) is 17.6. The van der Waals surface area contributed by atoms with Gasteiger partial charge < -0.3 is 20.5 Å². The summed E-state index contributed by atoms with van der Waals surface area (Å²) in [5.41, 5.74) is 4.71. The molecule has 0 saturated heterocycles. The van der Waals surface area contributed by atoms with Crippen LogP contribution in [0.3, 0.4) is 0 Å². The van der Waals surface area contributed by atoms with Gasteiger partial charge in [0.1, 0.15) is 6.61 Å². The number of benzene rings is 2. The van der Waals surface area contributed by atoms with E-state index in [0.717, 1.165) is 0 Å². The molecule has 2 amide bonds. The van der Waals surface area contributed by atoms with Crippen LogP contribution in [0.15, 0.2) is 48.5 Å². The van der Waals surface area contributed by atoms with E-state index in [1.54, 1.807) is 0 Å². The number of carbonyl (C=O) groups is 3. The van der Waals surface area contributed by atoms with Gasteiger partial charge in [0, 0.05) is 24.4 Å². The third kappa shape index (κ3) is 3.95. The van der Waals surface area contributed by atoms with Crippen molar-refractivity contribution in [2.75, 3.05) is 13.2 Å². The van der Waals surface area contributed by atoms with Crippen LogP contribution in [0.5, 0.6) is 0 Å². The zero-order valence-corrected chi connectivity index (χ0v) is 17.6. The Morgan fingerprint density at radius 3 is 2.16 bits per heavy atom. The Labute approximate surface area is 186 Å². The van der Waals surface area contributed by atoms with Crippen LogP contribution >= 0.6 is 0 Å². The molecule has 0 bridgehead atoms. The number of amides is 2. The molecule has 0 unspecified atom stereocenters. The Kier molecular flexibility index (Phi) is 5.33. The van der Waals surface area contributed by atoms with Crippen LogP contribution in [0.2, 0.25) is 0 Å². The first-order chi connectivity index (χ1) is 15.5. The molecule has 5 rings (SSSR count). The molecular formula is C25H26N2O5. The van der Waals surface area contributed by atoms with Crippen LogP contribution in [0.25, 0.3) is 11.1 Å². The van der Waals surface area contributed by atoms with Crippen molar-refractivity contribution in [3.63, 3.8) is 0 Å². The number of hydrogen-bond donors (Lipinski definition) is 3. The van der Waals surface area contributed by atoms with Crippen LogP contribution in [0.1, 0.15) is 36.3 Å². The maximum absolute atomic E-state index is 12.3. The highest BCUT2D eigenvalue weighted by Gasteiger charge is 2.44. The van der Waals surface area contributed by atoms with Gasteiger partial charge in [-0.1, -0.05) is 48.5 Å². The molecule has 2 saturated carbocycles. The summed E-state index contributed by atoms with van der Waals surface area (Å²) in [6.45, 7) is 0.680. The average molecular weight is 434 g/mol. The van der Waals surface area contributed by atoms with Gasteiger partial charge in [-0.3, -0.25) is 9.59 Å². The standard InChI is InChI=1S/C25H26N2O5/c28-23(26-12-15-11-21(15)24(29)30)14-9-16(10-14)27-25(31)32-13-22-19-7-3-1-5-17(19)18-6-2-4-8-20(18)22/h1-8,14-16,21-22H,9-13H2,(H,26,28)(H,27,31)(H,29,30)/t14?,15-,16?,21-/m1/s1. The summed E-state index contributed by atoms with van der Waals surface area (Å²) < 4.78 is 5.56. The summed E-state index contributed by atoms with van der Waals surface area (Å²) in [4.78, 5) is 35.4. The molecular weight excluding hydrogens is 408 g/mol. The summed E-state index contributed by atoms with van der Waals surface area (Å²) in [5.74, 6) is -1.25. The Bertz CT molecular complexity index is 1020. The molecule has 0 spiro atoms. The van der Waals surface area contributed by atoms with E-state index in [2.05, 4.69) is 34.9 Å². The first kappa shape index (κ1) is 20.5. The van der Waals surface area contributed by atoms with Crippen molar-refractivity contribution in [1.82, 2.24) is 10.6 Å². The second kappa shape index (κ2) is 8.30. The predicted molar refractivity (Wildman–Crippen MR) is 117 cm³/mol. The van der Waals surface area contributed by atoms with E-state index in [1.165, 1.54) is 22.3 Å². The van der Waals surface area contributed by atoms with Crippen molar-refractivity contribution in [1.29, 1.82) is 0 Å². The number of alkyl carbamates (subject to hydrolysis) is 1. The lowest BCUT2D eigenvalue weighted by Gasteiger charge is -2.34. The fourth-order valence-corrected chi connectivity index (χ4v) is 4.91. The fourth-order valence-electron chi connectivity index (χ4n) is 4.91. The predicted octanol–water partition coefficient (Wildman–Crippen LogP) is 3.14. The average Bonchev–Trinajstić information content (AvgIpc) is 3.49. The molecule has 2 fully saturated rings. The highest BCUT2D eigenvalue weighted by Crippen LogP contribution is 2.44. The Hall–Kier alpha value is -3.35. The van der Waals surface area contributed by atoms with E-state index in [1.807, 2.05) is 24.3 Å². The third-order valence-corrected chi connectivity index (χ3v) is 6.95. The Balaban J connectivity index is 1.07. The van der Waals surface area contributed by atoms with E-state index >= 15 is 0 Å². The van der Waals surface area contributed by atoms with Crippen LogP contribution in [-0.4, -0.2) is 42.3 Å². The molecule has 7 heteroatoms.